The fraction of sp³-hybridized carbons (Fsp3) is 0.0667. The Labute approximate surface area is 111 Å². The van der Waals surface area contributed by atoms with Gasteiger partial charge in [0, 0.05) is 10.4 Å². The Morgan fingerprint density at radius 1 is 1.39 bits per heavy atom. The Bertz CT molecular complexity index is 632. The van der Waals surface area contributed by atoms with E-state index in [9.17, 15) is 0 Å². The van der Waals surface area contributed by atoms with Crippen molar-refractivity contribution in [2.24, 2.45) is 0 Å². The molecular weight excluding hydrogens is 246 g/mol. The molecule has 0 aliphatic carbocycles. The Morgan fingerprint density at radius 3 is 2.89 bits per heavy atom. The largest absolute Gasteiger partial charge is 0.456 e. The number of hydrogen-bond acceptors (Lipinski definition) is 2. The van der Waals surface area contributed by atoms with Gasteiger partial charge in [-0.3, -0.25) is 0 Å². The molecule has 0 amide bonds. The van der Waals surface area contributed by atoms with Gasteiger partial charge in [0.25, 0.3) is 0 Å². The molecule has 0 fully saturated rings. The van der Waals surface area contributed by atoms with Gasteiger partial charge in [-0.15, -0.1) is 0 Å². The maximum absolute atomic E-state index is 6.15. The number of hydrogen-bond donors (Lipinski definition) is 1. The van der Waals surface area contributed by atoms with Gasteiger partial charge in [0.1, 0.15) is 5.76 Å². The van der Waals surface area contributed by atoms with E-state index in [1.807, 2.05) is 43.3 Å². The van der Waals surface area contributed by atoms with E-state index < -0.39 is 0 Å². The van der Waals surface area contributed by atoms with E-state index in [0.29, 0.717) is 22.2 Å². The molecule has 2 nitrogen and oxygen atoms in total. The lowest BCUT2D eigenvalue weighted by Crippen LogP contribution is -1.96. The zero-order valence-corrected chi connectivity index (χ0v) is 10.9. The second-order valence-corrected chi connectivity index (χ2v) is 4.33. The molecule has 0 atom stereocenters. The van der Waals surface area contributed by atoms with Crippen LogP contribution in [0.1, 0.15) is 6.92 Å². The third-order valence-electron chi connectivity index (χ3n) is 2.55. The van der Waals surface area contributed by atoms with Crippen LogP contribution in [0, 0.1) is 0 Å². The lowest BCUT2D eigenvalue weighted by atomic mass is 10.1. The van der Waals surface area contributed by atoms with Crippen LogP contribution in [0.5, 0.6) is 5.75 Å². The summed E-state index contributed by atoms with van der Waals surface area (Å²) in [7, 11) is 0. The number of halogens is 1. The van der Waals surface area contributed by atoms with Gasteiger partial charge in [-0.2, -0.15) is 0 Å². The van der Waals surface area contributed by atoms with Crippen LogP contribution in [0.2, 0.25) is 5.02 Å². The molecule has 0 saturated carbocycles. The van der Waals surface area contributed by atoms with Crippen molar-refractivity contribution in [2.75, 3.05) is 5.73 Å². The number of allylic oxidation sites excluding steroid dienone is 2. The number of nitrogen functional groups attached to an aromatic ring is 1. The van der Waals surface area contributed by atoms with E-state index in [1.54, 1.807) is 6.08 Å². The Kier molecular flexibility index (Phi) is 3.58. The van der Waals surface area contributed by atoms with Crippen molar-refractivity contribution >= 4 is 28.1 Å². The quantitative estimate of drug-likeness (QED) is 0.499. The van der Waals surface area contributed by atoms with Crippen LogP contribution >= 0.6 is 11.6 Å². The molecule has 0 aliphatic rings. The van der Waals surface area contributed by atoms with Crippen LogP contribution < -0.4 is 10.5 Å². The van der Waals surface area contributed by atoms with Crippen molar-refractivity contribution in [3.05, 3.63) is 59.8 Å². The van der Waals surface area contributed by atoms with Crippen LogP contribution in [0.15, 0.2) is 54.8 Å². The fourth-order valence-electron chi connectivity index (χ4n) is 1.73. The van der Waals surface area contributed by atoms with Crippen molar-refractivity contribution in [2.45, 2.75) is 6.92 Å². The molecule has 2 aromatic rings. The number of rotatable bonds is 3. The van der Waals surface area contributed by atoms with Gasteiger partial charge >= 0.3 is 0 Å². The minimum Gasteiger partial charge on any atom is -0.456 e. The first-order chi connectivity index (χ1) is 8.61. The van der Waals surface area contributed by atoms with Crippen LogP contribution in [0.3, 0.4) is 0 Å². The molecule has 0 saturated heterocycles. The standard InChI is InChI=1S/C15H14ClNO/c1-3-5-10(2)18-15-9-12-11(8-14(15)17)6-4-7-13(12)16/h3-9H,2,17H2,1H3/b5-3-. The lowest BCUT2D eigenvalue weighted by molar-refractivity contribution is 0.450. The fourth-order valence-corrected chi connectivity index (χ4v) is 1.97. The molecule has 3 heteroatoms. The number of ether oxygens (including phenoxy) is 1. The van der Waals surface area contributed by atoms with E-state index >= 15 is 0 Å². The molecule has 0 radical (unpaired) electrons. The van der Waals surface area contributed by atoms with Crippen LogP contribution in [0.25, 0.3) is 10.8 Å². The first-order valence-corrected chi connectivity index (χ1v) is 5.97. The summed E-state index contributed by atoms with van der Waals surface area (Å²) in [6, 6.07) is 9.37. The Balaban J connectivity index is 2.48. The van der Waals surface area contributed by atoms with E-state index in [2.05, 4.69) is 6.58 Å². The highest BCUT2D eigenvalue weighted by atomic mass is 35.5. The predicted octanol–water partition coefficient (Wildman–Crippen LogP) is 4.54. The summed E-state index contributed by atoms with van der Waals surface area (Å²) in [4.78, 5) is 0. The minimum atomic E-state index is 0.538. The van der Waals surface area contributed by atoms with Gasteiger partial charge in [0.05, 0.1) is 5.69 Å². The van der Waals surface area contributed by atoms with Crippen molar-refractivity contribution in [1.29, 1.82) is 0 Å². The molecule has 0 spiro atoms. The Hall–Kier alpha value is -1.93. The smallest absolute Gasteiger partial charge is 0.150 e. The zero-order chi connectivity index (χ0) is 13.1. The first kappa shape index (κ1) is 12.5. The summed E-state index contributed by atoms with van der Waals surface area (Å²) in [5, 5.41) is 2.58. The molecular formula is C15H14ClNO. The molecule has 0 unspecified atom stereocenters. The predicted molar refractivity (Wildman–Crippen MR) is 78.0 cm³/mol. The number of fused-ring (bicyclic) bond motifs is 1. The van der Waals surface area contributed by atoms with Gasteiger partial charge < -0.3 is 10.5 Å². The van der Waals surface area contributed by atoms with Crippen molar-refractivity contribution in [3.8, 4) is 5.75 Å². The van der Waals surface area contributed by atoms with Gasteiger partial charge in [0.2, 0.25) is 0 Å². The number of benzene rings is 2. The summed E-state index contributed by atoms with van der Waals surface area (Å²) in [5.41, 5.74) is 6.51. The lowest BCUT2D eigenvalue weighted by Gasteiger charge is -2.10. The molecule has 0 aliphatic heterocycles. The maximum atomic E-state index is 6.15. The van der Waals surface area contributed by atoms with Crippen LogP contribution in [-0.2, 0) is 0 Å². The topological polar surface area (TPSA) is 35.2 Å². The SMILES string of the molecule is C=C(/C=C\C)Oc1cc2c(Cl)cccc2cc1N. The maximum Gasteiger partial charge on any atom is 0.150 e. The highest BCUT2D eigenvalue weighted by molar-refractivity contribution is 6.35. The third kappa shape index (κ3) is 2.49. The molecule has 18 heavy (non-hydrogen) atoms. The van der Waals surface area contributed by atoms with E-state index in [0.717, 1.165) is 10.8 Å². The van der Waals surface area contributed by atoms with E-state index in [-0.39, 0.29) is 0 Å². The number of nitrogens with two attached hydrogens (primary N) is 1. The number of anilines is 1. The summed E-state index contributed by atoms with van der Waals surface area (Å²) in [6.07, 6.45) is 3.63. The van der Waals surface area contributed by atoms with Gasteiger partial charge in [-0.25, -0.2) is 0 Å². The summed E-state index contributed by atoms with van der Waals surface area (Å²) >= 11 is 6.15. The zero-order valence-electron chi connectivity index (χ0n) is 10.1. The highest BCUT2D eigenvalue weighted by Crippen LogP contribution is 2.33. The molecule has 2 rings (SSSR count). The van der Waals surface area contributed by atoms with Gasteiger partial charge in [0.15, 0.2) is 5.75 Å². The van der Waals surface area contributed by atoms with Crippen molar-refractivity contribution in [3.63, 3.8) is 0 Å². The summed E-state index contributed by atoms with van der Waals surface area (Å²) in [6.45, 7) is 5.68. The van der Waals surface area contributed by atoms with Crippen molar-refractivity contribution < 1.29 is 4.74 Å². The normalized spacial score (nSPS) is 11.0. The third-order valence-corrected chi connectivity index (χ3v) is 2.88. The molecule has 0 aromatic heterocycles. The minimum absolute atomic E-state index is 0.538. The van der Waals surface area contributed by atoms with E-state index in [1.165, 1.54) is 0 Å². The molecule has 0 bridgehead atoms. The summed E-state index contributed by atoms with van der Waals surface area (Å²) < 4.78 is 5.58. The monoisotopic (exact) mass is 259 g/mol. The first-order valence-electron chi connectivity index (χ1n) is 5.59. The van der Waals surface area contributed by atoms with Crippen molar-refractivity contribution in [1.82, 2.24) is 0 Å². The molecule has 2 aromatic carbocycles. The molecule has 2 N–H and O–H groups in total. The summed E-state index contributed by atoms with van der Waals surface area (Å²) in [5.74, 6) is 1.11. The highest BCUT2D eigenvalue weighted by Gasteiger charge is 2.06. The molecule has 0 heterocycles. The molecule has 92 valence electrons. The average molecular weight is 260 g/mol. The Morgan fingerprint density at radius 2 is 2.17 bits per heavy atom. The van der Waals surface area contributed by atoms with Crippen LogP contribution in [0.4, 0.5) is 5.69 Å². The van der Waals surface area contributed by atoms with Gasteiger partial charge in [-0.1, -0.05) is 36.4 Å². The second kappa shape index (κ2) is 5.15. The average Bonchev–Trinajstić information content (AvgIpc) is 2.31. The van der Waals surface area contributed by atoms with Gasteiger partial charge in [-0.05, 0) is 36.6 Å². The van der Waals surface area contributed by atoms with Crippen LogP contribution in [-0.4, -0.2) is 0 Å². The second-order valence-electron chi connectivity index (χ2n) is 3.92. The van der Waals surface area contributed by atoms with E-state index in [4.69, 9.17) is 22.1 Å².